The van der Waals surface area contributed by atoms with Gasteiger partial charge in [0.25, 0.3) is 11.8 Å². The predicted octanol–water partition coefficient (Wildman–Crippen LogP) is 3.21. The van der Waals surface area contributed by atoms with Crippen molar-refractivity contribution in [2.24, 2.45) is 13.0 Å². The largest absolute Gasteiger partial charge is 0.356 e. The second-order valence-corrected chi connectivity index (χ2v) is 7.80. The molecule has 1 aromatic carbocycles. The van der Waals surface area contributed by atoms with Crippen LogP contribution >= 0.6 is 0 Å². The van der Waals surface area contributed by atoms with Crippen LogP contribution in [0.3, 0.4) is 0 Å². The van der Waals surface area contributed by atoms with Gasteiger partial charge in [-0.15, -0.1) is 0 Å². The van der Waals surface area contributed by atoms with E-state index in [2.05, 4.69) is 26.0 Å². The summed E-state index contributed by atoms with van der Waals surface area (Å²) < 4.78 is 1.88. The number of amides is 2. The molecule has 2 amide bonds. The molecule has 0 saturated carbocycles. The highest BCUT2D eigenvalue weighted by Gasteiger charge is 2.23. The summed E-state index contributed by atoms with van der Waals surface area (Å²) in [5.74, 6) is 0.702. The first kappa shape index (κ1) is 19.2. The maximum atomic E-state index is 12.9. The van der Waals surface area contributed by atoms with E-state index in [0.717, 1.165) is 18.4 Å². The normalized spacial score (nSPS) is 15.1. The maximum Gasteiger partial charge on any atom is 0.255 e. The summed E-state index contributed by atoms with van der Waals surface area (Å²) in [6.45, 7) is 6.91. The lowest BCUT2D eigenvalue weighted by molar-refractivity contribution is 0.0719. The smallest absolute Gasteiger partial charge is 0.255 e. The molecular weight excluding hydrogens is 338 g/mol. The second kappa shape index (κ2) is 8.42. The number of aryl methyl sites for hydroxylation is 1. The van der Waals surface area contributed by atoms with Gasteiger partial charge in [0.2, 0.25) is 0 Å². The molecule has 2 aromatic rings. The van der Waals surface area contributed by atoms with E-state index in [1.165, 1.54) is 5.56 Å². The first-order chi connectivity index (χ1) is 12.9. The number of benzene rings is 1. The van der Waals surface area contributed by atoms with Gasteiger partial charge in [-0.25, -0.2) is 0 Å². The molecule has 3 rings (SSSR count). The second-order valence-electron chi connectivity index (χ2n) is 7.80. The molecule has 0 bridgehead atoms. The first-order valence-electron chi connectivity index (χ1n) is 9.73. The zero-order valence-electron chi connectivity index (χ0n) is 16.5. The van der Waals surface area contributed by atoms with Crippen molar-refractivity contribution in [3.05, 3.63) is 59.4 Å². The van der Waals surface area contributed by atoms with E-state index in [9.17, 15) is 9.59 Å². The van der Waals surface area contributed by atoms with Crippen LogP contribution in [0, 0.1) is 5.92 Å². The number of hydrogen-bond acceptors (Lipinski definition) is 2. The molecule has 1 fully saturated rings. The minimum atomic E-state index is 0.0444. The Hall–Kier alpha value is -2.56. The van der Waals surface area contributed by atoms with Gasteiger partial charge < -0.3 is 14.4 Å². The van der Waals surface area contributed by atoms with Crippen LogP contribution in [0.5, 0.6) is 0 Å². The fourth-order valence-electron chi connectivity index (χ4n) is 3.57. The zero-order valence-corrected chi connectivity index (χ0v) is 16.5. The lowest BCUT2D eigenvalue weighted by atomic mass is 10.0. The Kier molecular flexibility index (Phi) is 5.99. The molecule has 144 valence electrons. The quantitative estimate of drug-likeness (QED) is 0.833. The average molecular weight is 367 g/mol. The Labute approximate surface area is 161 Å². The van der Waals surface area contributed by atoms with Crippen molar-refractivity contribution >= 4 is 11.8 Å². The van der Waals surface area contributed by atoms with Crippen LogP contribution in [0.2, 0.25) is 0 Å². The van der Waals surface area contributed by atoms with Crippen LogP contribution < -0.4 is 0 Å². The van der Waals surface area contributed by atoms with Crippen LogP contribution in [0.25, 0.3) is 0 Å². The minimum absolute atomic E-state index is 0.0444. The van der Waals surface area contributed by atoms with Crippen molar-refractivity contribution in [2.45, 2.75) is 26.7 Å². The highest BCUT2D eigenvalue weighted by molar-refractivity contribution is 5.95. The molecule has 5 heteroatoms. The minimum Gasteiger partial charge on any atom is -0.356 e. The third kappa shape index (κ3) is 4.79. The molecule has 1 aromatic heterocycles. The summed E-state index contributed by atoms with van der Waals surface area (Å²) in [6, 6.07) is 9.80. The van der Waals surface area contributed by atoms with Gasteiger partial charge >= 0.3 is 0 Å². The van der Waals surface area contributed by atoms with E-state index >= 15 is 0 Å². The van der Waals surface area contributed by atoms with Crippen molar-refractivity contribution in [3.8, 4) is 0 Å². The molecule has 5 nitrogen and oxygen atoms in total. The van der Waals surface area contributed by atoms with Gasteiger partial charge in [0.15, 0.2) is 0 Å². The molecule has 1 aliphatic heterocycles. The molecule has 0 unspecified atom stereocenters. The molecule has 0 spiro atoms. The highest BCUT2D eigenvalue weighted by atomic mass is 16.2. The molecule has 0 radical (unpaired) electrons. The van der Waals surface area contributed by atoms with Crippen molar-refractivity contribution in [1.29, 1.82) is 0 Å². The summed E-state index contributed by atoms with van der Waals surface area (Å²) in [5, 5.41) is 0. The van der Waals surface area contributed by atoms with Gasteiger partial charge in [0, 0.05) is 51.2 Å². The van der Waals surface area contributed by atoms with E-state index in [1.54, 1.807) is 0 Å². The van der Waals surface area contributed by atoms with Gasteiger partial charge in [0.1, 0.15) is 0 Å². The predicted molar refractivity (Wildman–Crippen MR) is 107 cm³/mol. The fraction of sp³-hybridized carbons (Fsp3) is 0.455. The highest BCUT2D eigenvalue weighted by Crippen LogP contribution is 2.14. The number of aromatic nitrogens is 1. The monoisotopic (exact) mass is 367 g/mol. The molecule has 1 aliphatic rings. The molecule has 27 heavy (non-hydrogen) atoms. The number of nitrogens with zero attached hydrogens (tertiary/aromatic N) is 3. The Bertz CT molecular complexity index is 792. The van der Waals surface area contributed by atoms with E-state index in [1.807, 2.05) is 52.0 Å². The molecule has 0 N–H and O–H groups in total. The summed E-state index contributed by atoms with van der Waals surface area (Å²) >= 11 is 0. The lowest BCUT2D eigenvalue weighted by Crippen LogP contribution is -2.37. The van der Waals surface area contributed by atoms with Crippen molar-refractivity contribution < 1.29 is 9.59 Å². The van der Waals surface area contributed by atoms with Gasteiger partial charge in [0.05, 0.1) is 5.56 Å². The van der Waals surface area contributed by atoms with Crippen LogP contribution in [-0.4, -0.2) is 52.4 Å². The Balaban J connectivity index is 1.61. The van der Waals surface area contributed by atoms with Crippen LogP contribution in [-0.2, 0) is 13.5 Å². The Morgan fingerprint density at radius 1 is 0.889 bits per heavy atom. The topological polar surface area (TPSA) is 45.6 Å². The molecular formula is C22H29N3O2. The number of carbonyl (C=O) groups excluding carboxylic acids is 2. The van der Waals surface area contributed by atoms with E-state index in [-0.39, 0.29) is 11.8 Å². The summed E-state index contributed by atoms with van der Waals surface area (Å²) in [6.07, 6.45) is 5.54. The number of rotatable bonds is 4. The summed E-state index contributed by atoms with van der Waals surface area (Å²) in [4.78, 5) is 29.2. The Morgan fingerprint density at radius 2 is 1.48 bits per heavy atom. The van der Waals surface area contributed by atoms with Gasteiger partial charge in [-0.3, -0.25) is 9.59 Å². The van der Waals surface area contributed by atoms with Gasteiger partial charge in [-0.1, -0.05) is 26.0 Å². The van der Waals surface area contributed by atoms with E-state index in [4.69, 9.17) is 0 Å². The van der Waals surface area contributed by atoms with E-state index in [0.29, 0.717) is 37.7 Å². The van der Waals surface area contributed by atoms with E-state index < -0.39 is 0 Å². The standard InChI is InChI=1S/C22H29N3O2/c1-17(2)15-18-5-7-19(8-6-18)21(26)24-10-4-11-25(14-13-24)22(27)20-9-12-23(3)16-20/h5-9,12,16-17H,4,10-11,13-15H2,1-3H3. The maximum absolute atomic E-state index is 12.9. The van der Waals surface area contributed by atoms with Crippen LogP contribution in [0.4, 0.5) is 0 Å². The third-order valence-corrected chi connectivity index (χ3v) is 4.99. The van der Waals surface area contributed by atoms with Crippen molar-refractivity contribution in [1.82, 2.24) is 14.4 Å². The third-order valence-electron chi connectivity index (χ3n) is 4.99. The number of hydrogen-bond donors (Lipinski definition) is 0. The van der Waals surface area contributed by atoms with Crippen molar-refractivity contribution in [3.63, 3.8) is 0 Å². The van der Waals surface area contributed by atoms with Crippen LogP contribution in [0.15, 0.2) is 42.7 Å². The molecule has 2 heterocycles. The zero-order chi connectivity index (χ0) is 19.4. The molecule has 0 atom stereocenters. The lowest BCUT2D eigenvalue weighted by Gasteiger charge is -2.22. The average Bonchev–Trinajstić information content (AvgIpc) is 2.93. The summed E-state index contributed by atoms with van der Waals surface area (Å²) in [5.41, 5.74) is 2.69. The molecule has 0 aliphatic carbocycles. The summed E-state index contributed by atoms with van der Waals surface area (Å²) in [7, 11) is 1.91. The fourth-order valence-corrected chi connectivity index (χ4v) is 3.57. The molecule has 1 saturated heterocycles. The number of carbonyl (C=O) groups is 2. The first-order valence-corrected chi connectivity index (χ1v) is 9.73. The van der Waals surface area contributed by atoms with Gasteiger partial charge in [-0.2, -0.15) is 0 Å². The SMILES string of the molecule is CC(C)Cc1ccc(C(=O)N2CCCN(C(=O)c3ccn(C)c3)CC2)cc1. The van der Waals surface area contributed by atoms with Crippen molar-refractivity contribution in [2.75, 3.05) is 26.2 Å². The Morgan fingerprint density at radius 3 is 2.00 bits per heavy atom. The van der Waals surface area contributed by atoms with Crippen LogP contribution in [0.1, 0.15) is 46.5 Å². The van der Waals surface area contributed by atoms with Gasteiger partial charge in [-0.05, 0) is 42.5 Å².